The molecule has 1 aromatic carbocycles. The van der Waals surface area contributed by atoms with Crippen LogP contribution in [0.15, 0.2) is 23.4 Å². The van der Waals surface area contributed by atoms with Gasteiger partial charge in [0, 0.05) is 12.2 Å². The van der Waals surface area contributed by atoms with Crippen molar-refractivity contribution < 1.29 is 0 Å². The van der Waals surface area contributed by atoms with Crippen molar-refractivity contribution in [3.63, 3.8) is 0 Å². The van der Waals surface area contributed by atoms with Crippen LogP contribution in [0.2, 0.25) is 0 Å². The molecule has 1 N–H and O–H groups in total. The minimum Gasteiger partial charge on any atom is -0.262 e. The van der Waals surface area contributed by atoms with Crippen LogP contribution >= 0.6 is 11.8 Å². The van der Waals surface area contributed by atoms with Crippen LogP contribution in [0, 0.1) is 13.8 Å². The molecule has 3 nitrogen and oxygen atoms in total. The second-order valence-electron chi connectivity index (χ2n) is 6.30. The molecule has 0 aliphatic heterocycles. The van der Waals surface area contributed by atoms with Crippen molar-refractivity contribution in [2.45, 2.75) is 76.6 Å². The van der Waals surface area contributed by atoms with Gasteiger partial charge in [0.2, 0.25) is 5.16 Å². The molecular weight excluding hydrogens is 302 g/mol. The highest BCUT2D eigenvalue weighted by molar-refractivity contribution is 7.98. The average Bonchev–Trinajstić information content (AvgIpc) is 2.98. The van der Waals surface area contributed by atoms with Crippen LogP contribution in [0.1, 0.15) is 68.0 Å². The van der Waals surface area contributed by atoms with E-state index in [4.69, 9.17) is 0 Å². The maximum Gasteiger partial charge on any atom is 0.208 e. The Morgan fingerprint density at radius 3 is 2.61 bits per heavy atom. The zero-order chi connectivity index (χ0) is 16.5. The molecule has 0 aliphatic carbocycles. The first-order chi connectivity index (χ1) is 11.2. The molecule has 0 unspecified atom stereocenters. The summed E-state index contributed by atoms with van der Waals surface area (Å²) in [5.74, 6) is 1.96. The molecule has 0 aliphatic rings. The quantitative estimate of drug-likeness (QED) is 0.454. The Morgan fingerprint density at radius 2 is 1.83 bits per heavy atom. The van der Waals surface area contributed by atoms with Gasteiger partial charge in [-0.3, -0.25) is 5.10 Å². The number of hydrogen-bond donors (Lipinski definition) is 1. The molecule has 0 saturated heterocycles. The van der Waals surface area contributed by atoms with Gasteiger partial charge in [-0.2, -0.15) is 0 Å². The number of benzene rings is 1. The van der Waals surface area contributed by atoms with Crippen LogP contribution in [0.4, 0.5) is 0 Å². The summed E-state index contributed by atoms with van der Waals surface area (Å²) >= 11 is 1.71. The van der Waals surface area contributed by atoms with Gasteiger partial charge < -0.3 is 0 Å². The maximum absolute atomic E-state index is 4.60. The number of aromatic nitrogens is 3. The molecule has 23 heavy (non-hydrogen) atoms. The minimum absolute atomic E-state index is 0.867. The molecule has 1 aromatic heterocycles. The van der Waals surface area contributed by atoms with Gasteiger partial charge in [-0.05, 0) is 31.4 Å². The standard InChI is InChI=1S/C19H29N3S/c1-4-5-6-7-8-9-10-18-20-19(22-21-18)23-14-17-12-11-15(2)13-16(17)3/h11-13H,4-10,14H2,1-3H3,(H,20,21,22). The summed E-state index contributed by atoms with van der Waals surface area (Å²) in [7, 11) is 0. The van der Waals surface area contributed by atoms with E-state index >= 15 is 0 Å². The first-order valence-corrected chi connectivity index (χ1v) is 9.78. The van der Waals surface area contributed by atoms with Gasteiger partial charge in [-0.25, -0.2) is 4.98 Å². The highest BCUT2D eigenvalue weighted by Gasteiger charge is 2.06. The van der Waals surface area contributed by atoms with Crippen molar-refractivity contribution >= 4 is 11.8 Å². The Kier molecular flexibility index (Phi) is 7.66. The van der Waals surface area contributed by atoms with E-state index in [0.717, 1.165) is 23.2 Å². The largest absolute Gasteiger partial charge is 0.262 e. The van der Waals surface area contributed by atoms with Crippen LogP contribution in [-0.4, -0.2) is 15.2 Å². The van der Waals surface area contributed by atoms with Crippen molar-refractivity contribution in [1.29, 1.82) is 0 Å². The van der Waals surface area contributed by atoms with E-state index in [-0.39, 0.29) is 0 Å². The SMILES string of the molecule is CCCCCCCCc1nc(SCc2ccc(C)cc2C)n[nH]1. The maximum atomic E-state index is 4.60. The van der Waals surface area contributed by atoms with Gasteiger partial charge in [-0.15, -0.1) is 5.10 Å². The number of unbranched alkanes of at least 4 members (excludes halogenated alkanes) is 5. The summed E-state index contributed by atoms with van der Waals surface area (Å²) in [6.45, 7) is 6.56. The van der Waals surface area contributed by atoms with Crippen molar-refractivity contribution in [1.82, 2.24) is 15.2 Å². The van der Waals surface area contributed by atoms with Gasteiger partial charge in [0.15, 0.2) is 0 Å². The Balaban J connectivity index is 1.72. The lowest BCUT2D eigenvalue weighted by Gasteiger charge is -2.04. The molecule has 0 atom stereocenters. The molecule has 4 heteroatoms. The van der Waals surface area contributed by atoms with E-state index < -0.39 is 0 Å². The lowest BCUT2D eigenvalue weighted by atomic mass is 10.1. The van der Waals surface area contributed by atoms with Gasteiger partial charge in [0.05, 0.1) is 0 Å². The molecule has 0 bridgehead atoms. The van der Waals surface area contributed by atoms with E-state index in [1.165, 1.54) is 55.2 Å². The van der Waals surface area contributed by atoms with Gasteiger partial charge in [0.1, 0.15) is 5.82 Å². The molecular formula is C19H29N3S. The van der Waals surface area contributed by atoms with Crippen LogP contribution in [0.25, 0.3) is 0 Å². The number of nitrogens with zero attached hydrogens (tertiary/aromatic N) is 2. The van der Waals surface area contributed by atoms with E-state index in [1.807, 2.05) is 0 Å². The van der Waals surface area contributed by atoms with Crippen LogP contribution in [0.3, 0.4) is 0 Å². The molecule has 0 spiro atoms. The van der Waals surface area contributed by atoms with E-state index in [0.29, 0.717) is 0 Å². The highest BCUT2D eigenvalue weighted by atomic mass is 32.2. The molecule has 126 valence electrons. The number of aromatic amines is 1. The van der Waals surface area contributed by atoms with Gasteiger partial charge in [0.25, 0.3) is 0 Å². The second-order valence-corrected chi connectivity index (χ2v) is 7.24. The fourth-order valence-electron chi connectivity index (χ4n) is 2.68. The third kappa shape index (κ3) is 6.38. The molecule has 0 amide bonds. The Morgan fingerprint density at radius 1 is 1.04 bits per heavy atom. The summed E-state index contributed by atoms with van der Waals surface area (Å²) in [5.41, 5.74) is 4.03. The predicted octanol–water partition coefficient (Wildman–Crippen LogP) is 5.62. The normalized spacial score (nSPS) is 11.1. The first kappa shape index (κ1) is 18.1. The lowest BCUT2D eigenvalue weighted by Crippen LogP contribution is -1.89. The lowest BCUT2D eigenvalue weighted by molar-refractivity contribution is 0.601. The van der Waals surface area contributed by atoms with Crippen molar-refractivity contribution in [2.24, 2.45) is 0 Å². The van der Waals surface area contributed by atoms with Crippen molar-refractivity contribution in [3.05, 3.63) is 40.7 Å². The molecule has 0 radical (unpaired) electrons. The average molecular weight is 332 g/mol. The topological polar surface area (TPSA) is 41.6 Å². The number of aryl methyl sites for hydroxylation is 3. The second kappa shape index (κ2) is 9.76. The van der Waals surface area contributed by atoms with Crippen LogP contribution < -0.4 is 0 Å². The number of hydrogen-bond acceptors (Lipinski definition) is 3. The molecule has 1 heterocycles. The van der Waals surface area contributed by atoms with Crippen molar-refractivity contribution in [2.75, 3.05) is 0 Å². The summed E-state index contributed by atoms with van der Waals surface area (Å²) in [6.07, 6.45) is 8.90. The molecule has 0 fully saturated rings. The van der Waals surface area contributed by atoms with E-state index in [2.05, 4.69) is 54.2 Å². The Labute approximate surface area is 144 Å². The molecule has 2 rings (SSSR count). The highest BCUT2D eigenvalue weighted by Crippen LogP contribution is 2.22. The first-order valence-electron chi connectivity index (χ1n) is 8.79. The third-order valence-electron chi connectivity index (χ3n) is 4.13. The Hall–Kier alpha value is -1.29. The van der Waals surface area contributed by atoms with E-state index in [9.17, 15) is 0 Å². The summed E-state index contributed by atoms with van der Waals surface area (Å²) in [6, 6.07) is 6.62. The number of rotatable bonds is 10. The monoisotopic (exact) mass is 331 g/mol. The fourth-order valence-corrected chi connectivity index (χ4v) is 3.57. The molecule has 2 aromatic rings. The minimum atomic E-state index is 0.867. The molecule has 0 saturated carbocycles. The number of nitrogens with one attached hydrogen (secondary N) is 1. The van der Waals surface area contributed by atoms with Gasteiger partial charge >= 0.3 is 0 Å². The summed E-state index contributed by atoms with van der Waals surface area (Å²) in [5, 5.41) is 8.29. The summed E-state index contributed by atoms with van der Waals surface area (Å²) < 4.78 is 0. The van der Waals surface area contributed by atoms with Crippen molar-refractivity contribution in [3.8, 4) is 0 Å². The zero-order valence-corrected chi connectivity index (χ0v) is 15.5. The zero-order valence-electron chi connectivity index (χ0n) is 14.7. The van der Waals surface area contributed by atoms with E-state index in [1.54, 1.807) is 11.8 Å². The van der Waals surface area contributed by atoms with Crippen LogP contribution in [-0.2, 0) is 12.2 Å². The van der Waals surface area contributed by atoms with Gasteiger partial charge in [-0.1, -0.05) is 74.6 Å². The predicted molar refractivity (Wildman–Crippen MR) is 98.9 cm³/mol. The third-order valence-corrected chi connectivity index (χ3v) is 5.03. The summed E-state index contributed by atoms with van der Waals surface area (Å²) in [4.78, 5) is 4.60. The number of thioether (sulfide) groups is 1. The Bertz CT molecular complexity index is 592. The van der Waals surface area contributed by atoms with Crippen LogP contribution in [0.5, 0.6) is 0 Å². The fraction of sp³-hybridized carbons (Fsp3) is 0.579. The number of H-pyrrole nitrogens is 1. The smallest absolute Gasteiger partial charge is 0.208 e.